The zero-order valence-electron chi connectivity index (χ0n) is 17.6. The first-order valence-corrected chi connectivity index (χ1v) is 11.8. The third kappa shape index (κ3) is 5.09. The Balaban J connectivity index is 1.55. The maximum atomic E-state index is 13.0. The number of rotatable bonds is 7. The van der Waals surface area contributed by atoms with Crippen molar-refractivity contribution in [2.75, 3.05) is 13.7 Å². The first-order valence-electron chi connectivity index (χ1n) is 10.1. The summed E-state index contributed by atoms with van der Waals surface area (Å²) < 4.78 is 47.7. The van der Waals surface area contributed by atoms with Crippen LogP contribution in [0, 0.1) is 0 Å². The summed E-state index contributed by atoms with van der Waals surface area (Å²) >= 11 is 5.02. The lowest BCUT2D eigenvalue weighted by molar-refractivity contribution is -0.137. The summed E-state index contributed by atoms with van der Waals surface area (Å²) in [6, 6.07) is 14.4. The molecule has 0 bridgehead atoms. The van der Waals surface area contributed by atoms with Crippen LogP contribution >= 0.6 is 27.3 Å². The number of nitrogens with zero attached hydrogens (tertiary/aromatic N) is 1. The van der Waals surface area contributed by atoms with Crippen LogP contribution in [0.15, 0.2) is 64.5 Å². The molecule has 0 spiro atoms. The van der Waals surface area contributed by atoms with Crippen LogP contribution in [0.25, 0.3) is 10.2 Å². The summed E-state index contributed by atoms with van der Waals surface area (Å²) in [6.45, 7) is 0.686. The van der Waals surface area contributed by atoms with Crippen molar-refractivity contribution >= 4 is 43.4 Å². The average molecular weight is 537 g/mol. The Kier molecular flexibility index (Phi) is 6.81. The number of thiophene rings is 1. The minimum Gasteiger partial charge on any atom is -0.496 e. The van der Waals surface area contributed by atoms with Crippen molar-refractivity contribution in [3.05, 3.63) is 86.8 Å². The van der Waals surface area contributed by atoms with Crippen molar-refractivity contribution in [2.24, 2.45) is 0 Å². The normalized spacial score (nSPS) is 11.7. The van der Waals surface area contributed by atoms with Crippen molar-refractivity contribution in [1.82, 2.24) is 9.88 Å². The van der Waals surface area contributed by atoms with Crippen molar-refractivity contribution < 1.29 is 22.7 Å². The Bertz CT molecular complexity index is 1280. The molecule has 1 N–H and O–H groups in total. The van der Waals surface area contributed by atoms with Gasteiger partial charge in [0, 0.05) is 18.5 Å². The van der Waals surface area contributed by atoms with Crippen LogP contribution < -0.4 is 10.1 Å². The highest BCUT2D eigenvalue weighted by Gasteiger charge is 2.30. The molecule has 4 rings (SSSR count). The van der Waals surface area contributed by atoms with E-state index < -0.39 is 11.7 Å². The number of amides is 1. The van der Waals surface area contributed by atoms with Gasteiger partial charge < -0.3 is 14.6 Å². The fourth-order valence-corrected chi connectivity index (χ4v) is 5.37. The molecular formula is C24H20BrF3N2O2S. The zero-order valence-corrected chi connectivity index (χ0v) is 20.0. The second-order valence-corrected chi connectivity index (χ2v) is 9.19. The van der Waals surface area contributed by atoms with Gasteiger partial charge in [0.25, 0.3) is 5.91 Å². The summed E-state index contributed by atoms with van der Waals surface area (Å²) in [6.07, 6.45) is -3.78. The lowest BCUT2D eigenvalue weighted by Gasteiger charge is -2.13. The molecule has 2 heterocycles. The third-order valence-corrected chi connectivity index (χ3v) is 7.13. The minimum absolute atomic E-state index is 0.243. The molecule has 2 aromatic heterocycles. The number of aromatic nitrogens is 1. The Morgan fingerprint density at radius 3 is 2.58 bits per heavy atom. The molecule has 172 valence electrons. The number of benzene rings is 2. The van der Waals surface area contributed by atoms with E-state index in [0.29, 0.717) is 24.2 Å². The Morgan fingerprint density at radius 2 is 1.88 bits per heavy atom. The Hall–Kier alpha value is -2.78. The number of nitrogens with one attached hydrogen (secondary N) is 1. The van der Waals surface area contributed by atoms with Gasteiger partial charge in [0.05, 0.1) is 27.4 Å². The predicted molar refractivity (Wildman–Crippen MR) is 127 cm³/mol. The second kappa shape index (κ2) is 9.61. The van der Waals surface area contributed by atoms with Crippen LogP contribution in [-0.4, -0.2) is 24.1 Å². The van der Waals surface area contributed by atoms with E-state index in [-0.39, 0.29) is 12.5 Å². The molecule has 0 saturated carbocycles. The van der Waals surface area contributed by atoms with E-state index in [1.54, 1.807) is 7.11 Å². The fourth-order valence-electron chi connectivity index (χ4n) is 3.68. The van der Waals surface area contributed by atoms with E-state index in [1.807, 2.05) is 40.3 Å². The molecule has 1 amide bonds. The highest BCUT2D eigenvalue weighted by molar-refractivity contribution is 9.10. The molecule has 0 atom stereocenters. The molecule has 9 heteroatoms. The number of para-hydroxylation sites is 1. The van der Waals surface area contributed by atoms with Crippen molar-refractivity contribution in [2.45, 2.75) is 19.1 Å². The molecule has 0 aliphatic heterocycles. The average Bonchev–Trinajstić information content (AvgIpc) is 3.34. The third-order valence-electron chi connectivity index (χ3n) is 5.30. The molecule has 4 aromatic rings. The van der Waals surface area contributed by atoms with Crippen molar-refractivity contribution in [3.63, 3.8) is 0 Å². The van der Waals surface area contributed by atoms with Gasteiger partial charge >= 0.3 is 6.18 Å². The van der Waals surface area contributed by atoms with E-state index in [0.717, 1.165) is 38.1 Å². The van der Waals surface area contributed by atoms with Gasteiger partial charge in [-0.1, -0.05) is 30.3 Å². The number of carbonyl (C=O) groups excluding carboxylic acids is 1. The second-order valence-electron chi connectivity index (χ2n) is 7.42. The number of hydrogen-bond acceptors (Lipinski definition) is 3. The van der Waals surface area contributed by atoms with Crippen LogP contribution in [0.3, 0.4) is 0 Å². The number of alkyl halides is 3. The molecule has 0 saturated heterocycles. The van der Waals surface area contributed by atoms with Gasteiger partial charge in [-0.05, 0) is 57.7 Å². The molecule has 4 nitrogen and oxygen atoms in total. The van der Waals surface area contributed by atoms with Gasteiger partial charge in [0.2, 0.25) is 0 Å². The smallest absolute Gasteiger partial charge is 0.416 e. The highest BCUT2D eigenvalue weighted by atomic mass is 79.9. The molecule has 0 radical (unpaired) electrons. The fraction of sp³-hybridized carbons (Fsp3) is 0.208. The first-order chi connectivity index (χ1) is 15.8. The molecule has 0 aliphatic rings. The van der Waals surface area contributed by atoms with Gasteiger partial charge in [-0.3, -0.25) is 4.79 Å². The number of methoxy groups -OCH3 is 1. The topological polar surface area (TPSA) is 43.3 Å². The SMILES string of the molecule is COc1ccccc1CCNC(=O)c1cc2scc(Br)c2n1Cc1ccc(C(F)(F)F)cc1. The van der Waals surface area contributed by atoms with Crippen LogP contribution in [0.1, 0.15) is 27.2 Å². The molecule has 0 unspecified atom stereocenters. The molecule has 33 heavy (non-hydrogen) atoms. The molecule has 0 aliphatic carbocycles. The standard InChI is InChI=1S/C24H20BrF3N2O2S/c1-32-20-5-3-2-4-16(20)10-11-29-23(31)19-12-21-22(18(25)14-33-21)30(19)13-15-6-8-17(9-7-15)24(26,27)28/h2-9,12,14H,10-11,13H2,1H3,(H,29,31). The molecule has 2 aromatic carbocycles. The van der Waals surface area contributed by atoms with E-state index in [9.17, 15) is 18.0 Å². The van der Waals surface area contributed by atoms with Gasteiger partial charge in [-0.25, -0.2) is 0 Å². The number of halogens is 4. The quantitative estimate of drug-likeness (QED) is 0.292. The number of carbonyl (C=O) groups is 1. The zero-order chi connectivity index (χ0) is 23.6. The van der Waals surface area contributed by atoms with Crippen molar-refractivity contribution in [1.29, 1.82) is 0 Å². The largest absolute Gasteiger partial charge is 0.496 e. The predicted octanol–water partition coefficient (Wildman–Crippen LogP) is 6.51. The van der Waals surface area contributed by atoms with Crippen LogP contribution in [0.5, 0.6) is 5.75 Å². The lowest BCUT2D eigenvalue weighted by Crippen LogP contribution is -2.28. The lowest BCUT2D eigenvalue weighted by atomic mass is 10.1. The minimum atomic E-state index is -4.39. The maximum Gasteiger partial charge on any atom is 0.416 e. The summed E-state index contributed by atoms with van der Waals surface area (Å²) in [5.74, 6) is 0.522. The van der Waals surface area contributed by atoms with E-state index in [2.05, 4.69) is 21.2 Å². The first kappa shape index (κ1) is 23.4. The molecule has 0 fully saturated rings. The monoisotopic (exact) mass is 536 g/mol. The van der Waals surface area contributed by atoms with Gasteiger partial charge in [-0.15, -0.1) is 11.3 Å². The van der Waals surface area contributed by atoms with E-state index in [1.165, 1.54) is 23.5 Å². The van der Waals surface area contributed by atoms with E-state index >= 15 is 0 Å². The Labute approximate surface area is 201 Å². The van der Waals surface area contributed by atoms with E-state index in [4.69, 9.17) is 4.74 Å². The highest BCUT2D eigenvalue weighted by Crippen LogP contribution is 2.34. The summed E-state index contributed by atoms with van der Waals surface area (Å²) in [7, 11) is 1.61. The summed E-state index contributed by atoms with van der Waals surface area (Å²) in [4.78, 5) is 13.0. The van der Waals surface area contributed by atoms with Crippen LogP contribution in [-0.2, 0) is 19.1 Å². The van der Waals surface area contributed by atoms with Crippen LogP contribution in [0.4, 0.5) is 13.2 Å². The van der Waals surface area contributed by atoms with Crippen LogP contribution in [0.2, 0.25) is 0 Å². The van der Waals surface area contributed by atoms with Crippen molar-refractivity contribution in [3.8, 4) is 5.75 Å². The van der Waals surface area contributed by atoms with Gasteiger partial charge in [0.1, 0.15) is 11.4 Å². The molecular weight excluding hydrogens is 517 g/mol. The van der Waals surface area contributed by atoms with Gasteiger partial charge in [-0.2, -0.15) is 13.2 Å². The maximum absolute atomic E-state index is 13.0. The number of ether oxygens (including phenoxy) is 1. The summed E-state index contributed by atoms with van der Waals surface area (Å²) in [5, 5.41) is 4.88. The number of fused-ring (bicyclic) bond motifs is 1. The Morgan fingerprint density at radius 1 is 1.15 bits per heavy atom. The number of hydrogen-bond donors (Lipinski definition) is 1. The summed E-state index contributed by atoms with van der Waals surface area (Å²) in [5.41, 5.74) is 2.26. The van der Waals surface area contributed by atoms with Gasteiger partial charge in [0.15, 0.2) is 0 Å².